The van der Waals surface area contributed by atoms with Crippen molar-refractivity contribution in [3.8, 4) is 0 Å². The molecule has 0 N–H and O–H groups in total. The van der Waals surface area contributed by atoms with E-state index in [4.69, 9.17) is 4.98 Å². The third-order valence-electron chi connectivity index (χ3n) is 8.17. The number of anilines is 1. The van der Waals surface area contributed by atoms with Gasteiger partial charge in [0.15, 0.2) is 17.5 Å². The summed E-state index contributed by atoms with van der Waals surface area (Å²) < 4.78 is 28.9. The molecule has 0 aliphatic carbocycles. The van der Waals surface area contributed by atoms with Gasteiger partial charge in [0.2, 0.25) is 0 Å². The number of likely N-dealkylation sites (N-methyl/N-ethyl adjacent to an activating group) is 1. The third-order valence-corrected chi connectivity index (χ3v) is 8.17. The molecule has 2 aliphatic heterocycles. The van der Waals surface area contributed by atoms with Crippen LogP contribution in [0.25, 0.3) is 21.9 Å². The Bertz CT molecular complexity index is 1520. The van der Waals surface area contributed by atoms with E-state index in [1.807, 2.05) is 30.1 Å². The minimum atomic E-state index is -0.812. The molecule has 0 atom stereocenters. The van der Waals surface area contributed by atoms with Crippen LogP contribution in [0.1, 0.15) is 15.9 Å². The van der Waals surface area contributed by atoms with E-state index < -0.39 is 11.6 Å². The van der Waals surface area contributed by atoms with Crippen molar-refractivity contribution in [3.05, 3.63) is 65.5 Å². The van der Waals surface area contributed by atoms with Crippen LogP contribution in [-0.4, -0.2) is 101 Å². The van der Waals surface area contributed by atoms with Gasteiger partial charge in [0, 0.05) is 71.3 Å². The number of aromatic nitrogens is 3. The lowest BCUT2D eigenvalue weighted by molar-refractivity contribution is 0.0666. The number of aryl methyl sites for hydroxylation is 1. The number of halogens is 2. The molecule has 2 fully saturated rings. The quantitative estimate of drug-likeness (QED) is 0.393. The minimum absolute atomic E-state index is 0.0519. The largest absolute Gasteiger partial charge is 0.352 e. The highest BCUT2D eigenvalue weighted by Gasteiger charge is 2.27. The lowest BCUT2D eigenvalue weighted by Crippen LogP contribution is -2.47. The number of nitrogens with zero attached hydrogens (tertiary/aromatic N) is 7. The Morgan fingerprint density at radius 2 is 1.67 bits per heavy atom. The fourth-order valence-electron chi connectivity index (χ4n) is 5.81. The number of hydrogen-bond donors (Lipinski definition) is 0. The van der Waals surface area contributed by atoms with Crippen LogP contribution >= 0.6 is 0 Å². The van der Waals surface area contributed by atoms with Crippen molar-refractivity contribution in [2.75, 3.05) is 70.9 Å². The van der Waals surface area contributed by atoms with E-state index in [2.05, 4.69) is 31.3 Å². The Morgan fingerprint density at radius 3 is 2.41 bits per heavy atom. The summed E-state index contributed by atoms with van der Waals surface area (Å²) >= 11 is 0. The average Bonchev–Trinajstić information content (AvgIpc) is 3.26. The first-order valence-electron chi connectivity index (χ1n) is 13.5. The number of rotatable bonds is 5. The number of benzene rings is 2. The summed E-state index contributed by atoms with van der Waals surface area (Å²) in [5.41, 5.74) is 4.19. The number of fused-ring (bicyclic) bond motifs is 3. The van der Waals surface area contributed by atoms with Gasteiger partial charge in [-0.1, -0.05) is 12.1 Å². The van der Waals surface area contributed by atoms with Gasteiger partial charge in [0.1, 0.15) is 17.4 Å². The van der Waals surface area contributed by atoms with E-state index in [1.165, 1.54) is 12.1 Å². The highest BCUT2D eigenvalue weighted by Crippen LogP contribution is 2.34. The molecule has 4 heterocycles. The van der Waals surface area contributed by atoms with Crippen molar-refractivity contribution in [1.82, 2.24) is 29.2 Å². The van der Waals surface area contributed by atoms with Gasteiger partial charge in [0.05, 0.1) is 11.1 Å². The molecule has 1 amide bonds. The molecule has 6 rings (SSSR count). The predicted octanol–water partition coefficient (Wildman–Crippen LogP) is 3.15. The van der Waals surface area contributed by atoms with Crippen molar-refractivity contribution >= 4 is 33.7 Å². The summed E-state index contributed by atoms with van der Waals surface area (Å²) in [6.07, 6.45) is 2.27. The van der Waals surface area contributed by atoms with Crippen molar-refractivity contribution in [2.24, 2.45) is 7.05 Å². The van der Waals surface area contributed by atoms with Gasteiger partial charge < -0.3 is 19.3 Å². The molecule has 10 heteroatoms. The van der Waals surface area contributed by atoms with E-state index in [0.29, 0.717) is 12.0 Å². The molecule has 0 spiro atoms. The summed E-state index contributed by atoms with van der Waals surface area (Å²) in [7, 11) is 4.10. The Hall–Kier alpha value is -3.63. The molecule has 2 saturated heterocycles. The Kier molecular flexibility index (Phi) is 6.90. The van der Waals surface area contributed by atoms with Gasteiger partial charge in [-0.05, 0) is 43.3 Å². The van der Waals surface area contributed by atoms with E-state index in [-0.39, 0.29) is 5.91 Å². The number of piperazine rings is 2. The zero-order valence-electron chi connectivity index (χ0n) is 22.4. The van der Waals surface area contributed by atoms with Gasteiger partial charge in [-0.15, -0.1) is 0 Å². The molecule has 204 valence electrons. The monoisotopic (exact) mass is 533 g/mol. The second kappa shape index (κ2) is 10.5. The maximum atomic E-state index is 13.6. The number of carbonyl (C=O) groups excluding carboxylic acids is 1. The van der Waals surface area contributed by atoms with E-state index in [9.17, 15) is 13.6 Å². The third kappa shape index (κ3) is 4.83. The molecule has 39 heavy (non-hydrogen) atoms. The lowest BCUT2D eigenvalue weighted by Gasteiger charge is -2.35. The molecule has 2 aliphatic rings. The van der Waals surface area contributed by atoms with Crippen LogP contribution in [0.2, 0.25) is 0 Å². The molecule has 0 unspecified atom stereocenters. The second-order valence-corrected chi connectivity index (χ2v) is 10.6. The Morgan fingerprint density at radius 1 is 0.897 bits per heavy atom. The van der Waals surface area contributed by atoms with E-state index >= 15 is 0 Å². The second-order valence-electron chi connectivity index (χ2n) is 10.6. The zero-order chi connectivity index (χ0) is 27.1. The van der Waals surface area contributed by atoms with Crippen LogP contribution in [0.4, 0.5) is 14.6 Å². The number of hydrogen-bond acceptors (Lipinski definition) is 6. The lowest BCUT2D eigenvalue weighted by atomic mass is 10.1. The van der Waals surface area contributed by atoms with Crippen LogP contribution in [0.15, 0.2) is 42.7 Å². The highest BCUT2D eigenvalue weighted by molar-refractivity contribution is 6.18. The van der Waals surface area contributed by atoms with Crippen LogP contribution in [0.3, 0.4) is 0 Å². The van der Waals surface area contributed by atoms with Crippen molar-refractivity contribution in [3.63, 3.8) is 0 Å². The fraction of sp³-hybridized carbons (Fsp3) is 0.414. The average molecular weight is 534 g/mol. The van der Waals surface area contributed by atoms with Gasteiger partial charge in [-0.25, -0.2) is 18.7 Å². The van der Waals surface area contributed by atoms with Gasteiger partial charge >= 0.3 is 0 Å². The van der Waals surface area contributed by atoms with E-state index in [1.54, 1.807) is 12.4 Å². The predicted molar refractivity (Wildman–Crippen MR) is 148 cm³/mol. The maximum Gasteiger partial charge on any atom is 0.254 e. The molecular weight excluding hydrogens is 500 g/mol. The van der Waals surface area contributed by atoms with Crippen LogP contribution in [-0.2, 0) is 13.5 Å². The van der Waals surface area contributed by atoms with Gasteiger partial charge in [0.25, 0.3) is 5.91 Å². The summed E-state index contributed by atoms with van der Waals surface area (Å²) in [4.78, 5) is 31.8. The summed E-state index contributed by atoms with van der Waals surface area (Å²) in [6.45, 7) is 7.22. The van der Waals surface area contributed by atoms with Crippen molar-refractivity contribution < 1.29 is 13.6 Å². The zero-order valence-corrected chi connectivity index (χ0v) is 22.4. The first-order chi connectivity index (χ1) is 18.9. The molecule has 0 bridgehead atoms. The Labute approximate surface area is 226 Å². The number of amides is 1. The van der Waals surface area contributed by atoms with Crippen molar-refractivity contribution in [1.29, 1.82) is 0 Å². The first kappa shape index (κ1) is 25.6. The van der Waals surface area contributed by atoms with E-state index in [0.717, 1.165) is 92.2 Å². The summed E-state index contributed by atoms with van der Waals surface area (Å²) in [6, 6.07) is 10.0. The molecule has 2 aromatic heterocycles. The molecular formula is C29H33F2N7O. The first-order valence-corrected chi connectivity index (χ1v) is 13.5. The maximum absolute atomic E-state index is 13.6. The molecule has 0 saturated carbocycles. The topological polar surface area (TPSA) is 60.7 Å². The van der Waals surface area contributed by atoms with Gasteiger partial charge in [-0.2, -0.15) is 0 Å². The summed E-state index contributed by atoms with van der Waals surface area (Å²) in [5.74, 6) is -0.686. The van der Waals surface area contributed by atoms with Crippen LogP contribution < -0.4 is 4.90 Å². The number of carbonyl (C=O) groups is 1. The van der Waals surface area contributed by atoms with Crippen LogP contribution in [0.5, 0.6) is 0 Å². The molecule has 0 radical (unpaired) electrons. The van der Waals surface area contributed by atoms with Gasteiger partial charge in [-0.3, -0.25) is 9.69 Å². The molecule has 2 aromatic carbocycles. The fourth-order valence-corrected chi connectivity index (χ4v) is 5.81. The SMILES string of the molecule is CN1CCN(C(=O)c2cccc3c2c2ncnc(N4CCN(CCc5ccc(F)c(F)c5)CC4)c2n3C)CC1. The Balaban J connectivity index is 1.23. The smallest absolute Gasteiger partial charge is 0.254 e. The minimum Gasteiger partial charge on any atom is -0.352 e. The van der Waals surface area contributed by atoms with Crippen molar-refractivity contribution in [2.45, 2.75) is 6.42 Å². The summed E-state index contributed by atoms with van der Waals surface area (Å²) in [5, 5.41) is 0.882. The molecule has 8 nitrogen and oxygen atoms in total. The highest BCUT2D eigenvalue weighted by atomic mass is 19.2. The van der Waals surface area contributed by atoms with Crippen LogP contribution in [0, 0.1) is 11.6 Å². The standard InChI is InChI=1S/C29H33F2N7O/c1-34-10-14-38(15-11-34)29(39)21-4-3-5-24-25(21)26-27(35(24)2)28(33-19-32-26)37-16-12-36(13-17-37)9-8-20-6-7-22(30)23(31)18-20/h3-7,18-19H,8-17H2,1-2H3. The molecule has 4 aromatic rings. The normalized spacial score (nSPS) is 17.4.